The SMILES string of the molecule is CC1(C)c2ccccc2-c2c3c(cc4cccc1c24)CCC(Cc1nc(-c2ccc4ccccc4c2)c2ccccc2n1)C12C=CC=CC31C2. The summed E-state index contributed by atoms with van der Waals surface area (Å²) in [6, 6.07) is 42.7. The first-order valence-electron chi connectivity index (χ1n) is 18.3. The molecule has 0 N–H and O–H groups in total. The Bertz CT molecular complexity index is 2660. The van der Waals surface area contributed by atoms with Crippen LogP contribution in [0.15, 0.2) is 140 Å². The summed E-state index contributed by atoms with van der Waals surface area (Å²) < 4.78 is 0. The highest BCUT2D eigenvalue weighted by Gasteiger charge is 2.70. The summed E-state index contributed by atoms with van der Waals surface area (Å²) in [6.45, 7) is 4.81. The summed E-state index contributed by atoms with van der Waals surface area (Å²) in [5, 5.41) is 6.44. The van der Waals surface area contributed by atoms with Gasteiger partial charge in [-0.15, -0.1) is 0 Å². The molecule has 0 amide bonds. The van der Waals surface area contributed by atoms with E-state index in [0.29, 0.717) is 5.92 Å². The first-order valence-corrected chi connectivity index (χ1v) is 18.3. The Morgan fingerprint density at radius 2 is 1.48 bits per heavy atom. The smallest absolute Gasteiger partial charge is 0.130 e. The summed E-state index contributed by atoms with van der Waals surface area (Å²) >= 11 is 0. The van der Waals surface area contributed by atoms with Gasteiger partial charge in [-0.1, -0.05) is 141 Å². The highest BCUT2D eigenvalue weighted by atomic mass is 14.9. The predicted molar refractivity (Wildman–Crippen MR) is 207 cm³/mol. The molecule has 0 bridgehead atoms. The third-order valence-corrected chi connectivity index (χ3v) is 13.0. The van der Waals surface area contributed by atoms with E-state index in [1.54, 1.807) is 5.56 Å². The van der Waals surface area contributed by atoms with Crippen LogP contribution in [-0.4, -0.2) is 9.97 Å². The molecule has 11 rings (SSSR count). The monoisotopic (exact) mass is 642 g/mol. The minimum Gasteiger partial charge on any atom is -0.233 e. The van der Waals surface area contributed by atoms with Gasteiger partial charge in [-0.2, -0.15) is 0 Å². The predicted octanol–water partition coefficient (Wildman–Crippen LogP) is 11.5. The van der Waals surface area contributed by atoms with Gasteiger partial charge in [0, 0.05) is 33.6 Å². The Morgan fingerprint density at radius 3 is 2.42 bits per heavy atom. The second-order valence-corrected chi connectivity index (χ2v) is 15.8. The Hall–Kier alpha value is -5.34. The number of rotatable bonds is 3. The lowest BCUT2D eigenvalue weighted by Crippen LogP contribution is -2.28. The molecular weight excluding hydrogens is 605 g/mol. The summed E-state index contributed by atoms with van der Waals surface area (Å²) in [7, 11) is 0. The van der Waals surface area contributed by atoms with Crippen LogP contribution in [0.5, 0.6) is 0 Å². The van der Waals surface area contributed by atoms with E-state index in [1.807, 2.05) is 0 Å². The van der Waals surface area contributed by atoms with Crippen LogP contribution in [0.4, 0.5) is 0 Å². The molecule has 3 atom stereocenters. The van der Waals surface area contributed by atoms with Crippen LogP contribution in [0.3, 0.4) is 0 Å². The van der Waals surface area contributed by atoms with Gasteiger partial charge in [0.15, 0.2) is 0 Å². The van der Waals surface area contributed by atoms with Crippen molar-refractivity contribution in [1.82, 2.24) is 9.97 Å². The Labute approximate surface area is 293 Å². The van der Waals surface area contributed by atoms with Gasteiger partial charge in [0.25, 0.3) is 0 Å². The van der Waals surface area contributed by atoms with Crippen molar-refractivity contribution in [1.29, 1.82) is 0 Å². The zero-order valence-corrected chi connectivity index (χ0v) is 28.6. The molecule has 1 fully saturated rings. The fourth-order valence-electron chi connectivity index (χ4n) is 10.6. The zero-order chi connectivity index (χ0) is 33.2. The van der Waals surface area contributed by atoms with Crippen molar-refractivity contribution in [3.05, 3.63) is 168 Å². The molecule has 1 aromatic heterocycles. The molecule has 4 aliphatic carbocycles. The first-order chi connectivity index (χ1) is 24.5. The first kappa shape index (κ1) is 28.5. The van der Waals surface area contributed by atoms with Crippen LogP contribution >= 0.6 is 0 Å². The van der Waals surface area contributed by atoms with E-state index in [4.69, 9.17) is 9.97 Å². The van der Waals surface area contributed by atoms with Gasteiger partial charge in [0.05, 0.1) is 11.2 Å². The van der Waals surface area contributed by atoms with Crippen molar-refractivity contribution in [3.8, 4) is 22.4 Å². The maximum Gasteiger partial charge on any atom is 0.130 e. The van der Waals surface area contributed by atoms with Crippen molar-refractivity contribution in [3.63, 3.8) is 0 Å². The van der Waals surface area contributed by atoms with Crippen LogP contribution in [0.25, 0.3) is 54.8 Å². The van der Waals surface area contributed by atoms with Gasteiger partial charge < -0.3 is 0 Å². The molecular formula is C48H38N2. The number of hydrogen-bond donors (Lipinski definition) is 0. The summed E-state index contributed by atoms with van der Waals surface area (Å²) in [4.78, 5) is 10.7. The van der Waals surface area contributed by atoms with Gasteiger partial charge in [0.2, 0.25) is 0 Å². The van der Waals surface area contributed by atoms with Gasteiger partial charge in [-0.05, 0) is 92.2 Å². The van der Waals surface area contributed by atoms with Crippen LogP contribution in [0.2, 0.25) is 0 Å². The molecule has 3 unspecified atom stereocenters. The van der Waals surface area contributed by atoms with E-state index < -0.39 is 0 Å². The highest BCUT2D eigenvalue weighted by Crippen LogP contribution is 2.75. The van der Waals surface area contributed by atoms with Crippen LogP contribution < -0.4 is 0 Å². The third kappa shape index (κ3) is 3.69. The third-order valence-electron chi connectivity index (χ3n) is 13.0. The molecule has 0 spiro atoms. The summed E-state index contributed by atoms with van der Waals surface area (Å²) in [5.41, 5.74) is 12.1. The molecule has 6 aromatic carbocycles. The number of allylic oxidation sites excluding steroid dienone is 4. The second kappa shape index (κ2) is 9.88. The van der Waals surface area contributed by atoms with Crippen LogP contribution in [0, 0.1) is 11.3 Å². The number of nitrogens with zero attached hydrogens (tertiary/aromatic N) is 2. The number of aromatic nitrogens is 2. The molecule has 2 heteroatoms. The van der Waals surface area contributed by atoms with E-state index in [2.05, 4.69) is 153 Å². The molecule has 7 aromatic rings. The molecule has 50 heavy (non-hydrogen) atoms. The molecule has 2 nitrogen and oxygen atoms in total. The standard InChI is InChI=1S/C48H38N2/c1-46(2)38-17-7-5-15-36(38)43-42-32(14-11-18-39(42)46)27-33-22-23-35(47-24-9-10-25-48(47,29-47)44(33)43)28-41-49-40-19-8-6-16-37(40)45(50-41)34-21-20-30-12-3-4-13-31(30)26-34/h3-21,24-27,35H,22-23,28-29H2,1-2H3. The number of hydrogen-bond acceptors (Lipinski definition) is 2. The van der Waals surface area contributed by atoms with E-state index in [-0.39, 0.29) is 16.2 Å². The molecule has 0 saturated heterocycles. The number of fused-ring (bicyclic) bond motifs is 6. The molecule has 4 aliphatic rings. The van der Waals surface area contributed by atoms with Crippen molar-refractivity contribution in [2.75, 3.05) is 0 Å². The second-order valence-electron chi connectivity index (χ2n) is 15.8. The molecule has 240 valence electrons. The van der Waals surface area contributed by atoms with Gasteiger partial charge in [-0.3, -0.25) is 0 Å². The average Bonchev–Trinajstić information content (AvgIpc) is 3.87. The number of benzene rings is 6. The van der Waals surface area contributed by atoms with E-state index in [9.17, 15) is 0 Å². The maximum atomic E-state index is 5.43. The lowest BCUT2D eigenvalue weighted by molar-refractivity contribution is 0.323. The fourth-order valence-corrected chi connectivity index (χ4v) is 10.6. The molecule has 0 aliphatic heterocycles. The minimum atomic E-state index is -0.0542. The van der Waals surface area contributed by atoms with E-state index >= 15 is 0 Å². The highest BCUT2D eigenvalue weighted by molar-refractivity contribution is 6.06. The Kier molecular flexibility index (Phi) is 5.63. The van der Waals surface area contributed by atoms with Gasteiger partial charge in [-0.25, -0.2) is 9.97 Å². The maximum absolute atomic E-state index is 5.43. The van der Waals surface area contributed by atoms with Crippen molar-refractivity contribution in [2.45, 2.75) is 50.4 Å². The number of aryl methyl sites for hydroxylation is 1. The normalized spacial score (nSPS) is 23.6. The summed E-state index contributed by atoms with van der Waals surface area (Å²) in [6.07, 6.45) is 14.0. The topological polar surface area (TPSA) is 25.8 Å². The van der Waals surface area contributed by atoms with Gasteiger partial charge in [0.1, 0.15) is 5.82 Å². The largest absolute Gasteiger partial charge is 0.233 e. The van der Waals surface area contributed by atoms with E-state index in [0.717, 1.165) is 53.7 Å². The Balaban J connectivity index is 1.08. The van der Waals surface area contributed by atoms with Gasteiger partial charge >= 0.3 is 0 Å². The van der Waals surface area contributed by atoms with Crippen molar-refractivity contribution >= 4 is 32.4 Å². The minimum absolute atomic E-state index is 0.0263. The molecule has 1 saturated carbocycles. The lowest BCUT2D eigenvalue weighted by Gasteiger charge is -2.38. The number of para-hydroxylation sites is 1. The molecule has 0 radical (unpaired) electrons. The fraction of sp³-hybridized carbons (Fsp3) is 0.208. The summed E-state index contributed by atoms with van der Waals surface area (Å²) in [5.74, 6) is 1.38. The molecule has 1 heterocycles. The quantitative estimate of drug-likeness (QED) is 0.192. The Morgan fingerprint density at radius 1 is 0.700 bits per heavy atom. The average molecular weight is 643 g/mol. The lowest BCUT2D eigenvalue weighted by atomic mass is 9.65. The van der Waals surface area contributed by atoms with Crippen LogP contribution in [-0.2, 0) is 23.7 Å². The van der Waals surface area contributed by atoms with E-state index in [1.165, 1.54) is 49.4 Å². The van der Waals surface area contributed by atoms with Crippen LogP contribution in [0.1, 0.15) is 54.8 Å². The zero-order valence-electron chi connectivity index (χ0n) is 28.6. The van der Waals surface area contributed by atoms with Crippen molar-refractivity contribution in [2.24, 2.45) is 11.3 Å². The van der Waals surface area contributed by atoms with Crippen molar-refractivity contribution < 1.29 is 0 Å².